The summed E-state index contributed by atoms with van der Waals surface area (Å²) >= 11 is 3.27. The Hall–Kier alpha value is -0.900. The summed E-state index contributed by atoms with van der Waals surface area (Å²) in [6.07, 6.45) is 2.28. The fraction of sp³-hybridized carbons (Fsp3) is 0.417. The molecule has 2 nitrogen and oxygen atoms in total. The maximum absolute atomic E-state index is 13.4. The van der Waals surface area contributed by atoms with Crippen LogP contribution in [0.3, 0.4) is 0 Å². The molecular weight excluding hydrogens is 273 g/mol. The van der Waals surface area contributed by atoms with Gasteiger partial charge in [-0.15, -0.1) is 0 Å². The molecule has 1 aromatic carbocycles. The Bertz CT molecular complexity index is 417. The Morgan fingerprint density at radius 1 is 1.56 bits per heavy atom. The molecule has 1 aliphatic carbocycles. The molecule has 1 fully saturated rings. The van der Waals surface area contributed by atoms with E-state index in [1.165, 1.54) is 6.07 Å². The highest BCUT2D eigenvalue weighted by Crippen LogP contribution is 2.26. The zero-order valence-electron chi connectivity index (χ0n) is 9.04. The Labute approximate surface area is 103 Å². The van der Waals surface area contributed by atoms with Crippen molar-refractivity contribution in [1.29, 1.82) is 0 Å². The van der Waals surface area contributed by atoms with Crippen molar-refractivity contribution in [1.82, 2.24) is 4.90 Å². The van der Waals surface area contributed by atoms with Crippen molar-refractivity contribution in [3.8, 4) is 0 Å². The highest BCUT2D eigenvalue weighted by Gasteiger charge is 2.29. The smallest absolute Gasteiger partial charge is 0.227 e. The second kappa shape index (κ2) is 4.53. The molecule has 4 heteroatoms. The van der Waals surface area contributed by atoms with Gasteiger partial charge in [0, 0.05) is 17.6 Å². The standard InChI is InChI=1S/C12H13BrFNO/c1-15(10-3-4-10)12(16)7-8-6-9(13)2-5-11(8)14/h2,5-6,10H,3-4,7H2,1H3. The summed E-state index contributed by atoms with van der Waals surface area (Å²) < 4.78 is 14.2. The molecule has 0 aromatic heterocycles. The molecule has 0 aliphatic heterocycles. The number of rotatable bonds is 3. The lowest BCUT2D eigenvalue weighted by atomic mass is 10.1. The van der Waals surface area contributed by atoms with Crippen LogP contribution in [-0.2, 0) is 11.2 Å². The van der Waals surface area contributed by atoms with E-state index in [0.29, 0.717) is 11.6 Å². The summed E-state index contributed by atoms with van der Waals surface area (Å²) in [7, 11) is 1.79. The van der Waals surface area contributed by atoms with Crippen LogP contribution in [0.5, 0.6) is 0 Å². The van der Waals surface area contributed by atoms with Crippen molar-refractivity contribution in [3.05, 3.63) is 34.1 Å². The van der Waals surface area contributed by atoms with E-state index in [1.54, 1.807) is 24.1 Å². The first-order valence-electron chi connectivity index (χ1n) is 5.27. The number of carbonyl (C=O) groups is 1. The SMILES string of the molecule is CN(C(=O)Cc1cc(Br)ccc1F)C1CC1. The van der Waals surface area contributed by atoms with Gasteiger partial charge in [-0.2, -0.15) is 0 Å². The fourth-order valence-corrected chi connectivity index (χ4v) is 2.04. The first-order valence-corrected chi connectivity index (χ1v) is 6.07. The first-order chi connectivity index (χ1) is 7.58. The van der Waals surface area contributed by atoms with Crippen molar-refractivity contribution >= 4 is 21.8 Å². The second-order valence-electron chi connectivity index (χ2n) is 4.15. The van der Waals surface area contributed by atoms with Crippen molar-refractivity contribution in [2.24, 2.45) is 0 Å². The summed E-state index contributed by atoms with van der Waals surface area (Å²) in [5.41, 5.74) is 0.451. The molecule has 0 saturated heterocycles. The normalized spacial score (nSPS) is 14.9. The number of hydrogen-bond acceptors (Lipinski definition) is 1. The van der Waals surface area contributed by atoms with Crippen LogP contribution in [0.25, 0.3) is 0 Å². The molecule has 1 aliphatic rings. The minimum absolute atomic E-state index is 0.0144. The van der Waals surface area contributed by atoms with E-state index in [1.807, 2.05) is 0 Å². The predicted octanol–water partition coefficient (Wildman–Crippen LogP) is 2.75. The highest BCUT2D eigenvalue weighted by atomic mass is 79.9. The molecule has 0 N–H and O–H groups in total. The van der Waals surface area contributed by atoms with Gasteiger partial charge in [0.2, 0.25) is 5.91 Å². The van der Waals surface area contributed by atoms with E-state index in [0.717, 1.165) is 17.3 Å². The first kappa shape index (κ1) is 11.6. The van der Waals surface area contributed by atoms with E-state index >= 15 is 0 Å². The summed E-state index contributed by atoms with van der Waals surface area (Å²) in [6.45, 7) is 0. The molecule has 86 valence electrons. The van der Waals surface area contributed by atoms with Crippen LogP contribution in [0.4, 0.5) is 4.39 Å². The predicted molar refractivity (Wildman–Crippen MR) is 63.6 cm³/mol. The van der Waals surface area contributed by atoms with Crippen LogP contribution in [0.1, 0.15) is 18.4 Å². The van der Waals surface area contributed by atoms with Gasteiger partial charge >= 0.3 is 0 Å². The monoisotopic (exact) mass is 285 g/mol. The topological polar surface area (TPSA) is 20.3 Å². The number of hydrogen-bond donors (Lipinski definition) is 0. The van der Waals surface area contributed by atoms with Crippen molar-refractivity contribution in [2.75, 3.05) is 7.05 Å². The molecular formula is C12H13BrFNO. The van der Waals surface area contributed by atoms with Crippen LogP contribution in [0, 0.1) is 5.82 Å². The van der Waals surface area contributed by atoms with Gasteiger partial charge in [0.15, 0.2) is 0 Å². The molecule has 0 unspecified atom stereocenters. The zero-order chi connectivity index (χ0) is 11.7. The number of halogens is 2. The average Bonchev–Trinajstić information content (AvgIpc) is 3.06. The molecule has 1 saturated carbocycles. The lowest BCUT2D eigenvalue weighted by molar-refractivity contribution is -0.129. The third-order valence-electron chi connectivity index (χ3n) is 2.84. The van der Waals surface area contributed by atoms with Crippen LogP contribution < -0.4 is 0 Å². The van der Waals surface area contributed by atoms with Crippen molar-refractivity contribution in [3.63, 3.8) is 0 Å². The lowest BCUT2D eigenvalue weighted by Crippen LogP contribution is -2.30. The Morgan fingerprint density at radius 3 is 2.88 bits per heavy atom. The minimum Gasteiger partial charge on any atom is -0.342 e. The van der Waals surface area contributed by atoms with Crippen LogP contribution in [0.2, 0.25) is 0 Å². The lowest BCUT2D eigenvalue weighted by Gasteiger charge is -2.16. The number of nitrogens with zero attached hydrogens (tertiary/aromatic N) is 1. The third kappa shape index (κ3) is 2.61. The molecule has 1 aromatic rings. The van der Waals surface area contributed by atoms with Gasteiger partial charge in [0.1, 0.15) is 5.82 Å². The van der Waals surface area contributed by atoms with E-state index in [-0.39, 0.29) is 18.1 Å². The fourth-order valence-electron chi connectivity index (χ4n) is 1.63. The molecule has 1 amide bonds. The minimum atomic E-state index is -0.319. The highest BCUT2D eigenvalue weighted by molar-refractivity contribution is 9.10. The average molecular weight is 286 g/mol. The van der Waals surface area contributed by atoms with Gasteiger partial charge in [0.05, 0.1) is 6.42 Å². The Morgan fingerprint density at radius 2 is 2.25 bits per heavy atom. The van der Waals surface area contributed by atoms with Gasteiger partial charge in [0.25, 0.3) is 0 Å². The van der Waals surface area contributed by atoms with Gasteiger partial charge in [-0.25, -0.2) is 4.39 Å². The number of carbonyl (C=O) groups excluding carboxylic acids is 1. The molecule has 2 rings (SSSR count). The van der Waals surface area contributed by atoms with E-state index < -0.39 is 0 Å². The summed E-state index contributed by atoms with van der Waals surface area (Å²) in [5, 5.41) is 0. The molecule has 0 bridgehead atoms. The van der Waals surface area contributed by atoms with E-state index in [2.05, 4.69) is 15.9 Å². The summed E-state index contributed by atoms with van der Waals surface area (Å²) in [6, 6.07) is 5.05. The maximum Gasteiger partial charge on any atom is 0.227 e. The Balaban J connectivity index is 2.07. The molecule has 16 heavy (non-hydrogen) atoms. The van der Waals surface area contributed by atoms with Crippen LogP contribution in [0.15, 0.2) is 22.7 Å². The quantitative estimate of drug-likeness (QED) is 0.836. The van der Waals surface area contributed by atoms with Gasteiger partial charge < -0.3 is 4.90 Å². The van der Waals surface area contributed by atoms with Gasteiger partial charge in [-0.05, 0) is 36.6 Å². The molecule has 0 spiro atoms. The van der Waals surface area contributed by atoms with E-state index in [4.69, 9.17) is 0 Å². The molecule has 0 atom stereocenters. The van der Waals surface area contributed by atoms with E-state index in [9.17, 15) is 9.18 Å². The van der Waals surface area contributed by atoms with Gasteiger partial charge in [-0.3, -0.25) is 4.79 Å². The number of likely N-dealkylation sites (N-methyl/N-ethyl adjacent to an activating group) is 1. The number of benzene rings is 1. The van der Waals surface area contributed by atoms with Crippen molar-refractivity contribution in [2.45, 2.75) is 25.3 Å². The van der Waals surface area contributed by atoms with Gasteiger partial charge in [-0.1, -0.05) is 15.9 Å². The Kier molecular flexibility index (Phi) is 3.28. The largest absolute Gasteiger partial charge is 0.342 e. The second-order valence-corrected chi connectivity index (χ2v) is 5.06. The van der Waals surface area contributed by atoms with Crippen molar-refractivity contribution < 1.29 is 9.18 Å². The summed E-state index contributed by atoms with van der Waals surface area (Å²) in [4.78, 5) is 13.5. The zero-order valence-corrected chi connectivity index (χ0v) is 10.6. The summed E-state index contributed by atoms with van der Waals surface area (Å²) in [5.74, 6) is -0.333. The van der Waals surface area contributed by atoms with Crippen LogP contribution in [-0.4, -0.2) is 23.9 Å². The molecule has 0 radical (unpaired) electrons. The van der Waals surface area contributed by atoms with Crippen LogP contribution >= 0.6 is 15.9 Å². The molecule has 0 heterocycles. The maximum atomic E-state index is 13.4. The third-order valence-corrected chi connectivity index (χ3v) is 3.33. The number of amides is 1.